The molecule has 0 amide bonds. The molecular weight excluding hydrogens is 242 g/mol. The lowest BCUT2D eigenvalue weighted by molar-refractivity contribution is -0.0979. The van der Waals surface area contributed by atoms with Crippen LogP contribution in [0.15, 0.2) is 18.2 Å². The Balaban J connectivity index is 1.64. The van der Waals surface area contributed by atoms with Crippen molar-refractivity contribution in [1.29, 1.82) is 0 Å². The minimum atomic E-state index is 0.185. The van der Waals surface area contributed by atoms with Gasteiger partial charge in [0.1, 0.15) is 0 Å². The number of hydrogen-bond acceptors (Lipinski definition) is 4. The Morgan fingerprint density at radius 1 is 1.37 bits per heavy atom. The van der Waals surface area contributed by atoms with Gasteiger partial charge in [-0.05, 0) is 12.5 Å². The first-order valence-corrected chi connectivity index (χ1v) is 6.76. The van der Waals surface area contributed by atoms with Crippen LogP contribution in [0.1, 0.15) is 25.8 Å². The molecule has 1 fully saturated rings. The molecule has 2 unspecified atom stereocenters. The van der Waals surface area contributed by atoms with Crippen molar-refractivity contribution in [3.63, 3.8) is 0 Å². The van der Waals surface area contributed by atoms with Gasteiger partial charge in [0.2, 0.25) is 6.79 Å². The zero-order valence-corrected chi connectivity index (χ0v) is 11.7. The standard InChI is InChI=1S/C15H21NO3/c1-15(2)12(7-13(15)17-3)16-8-10-5-4-6-11-14(10)19-9-18-11/h4-6,12-13,16H,7-9H2,1-3H3. The van der Waals surface area contributed by atoms with Crippen LogP contribution >= 0.6 is 0 Å². The molecule has 1 aliphatic carbocycles. The Bertz CT molecular complexity index is 472. The lowest BCUT2D eigenvalue weighted by Crippen LogP contribution is -2.60. The first kappa shape index (κ1) is 12.8. The van der Waals surface area contributed by atoms with Crippen molar-refractivity contribution >= 4 is 0 Å². The largest absolute Gasteiger partial charge is 0.454 e. The molecule has 4 heteroatoms. The molecule has 104 valence electrons. The van der Waals surface area contributed by atoms with Gasteiger partial charge in [0.05, 0.1) is 6.10 Å². The molecule has 0 bridgehead atoms. The van der Waals surface area contributed by atoms with E-state index in [4.69, 9.17) is 14.2 Å². The summed E-state index contributed by atoms with van der Waals surface area (Å²) < 4.78 is 16.4. The number of benzene rings is 1. The van der Waals surface area contributed by atoms with Crippen LogP contribution in [0.25, 0.3) is 0 Å². The number of nitrogens with one attached hydrogen (secondary N) is 1. The van der Waals surface area contributed by atoms with Crippen LogP contribution in [0.4, 0.5) is 0 Å². The van der Waals surface area contributed by atoms with Gasteiger partial charge in [-0.2, -0.15) is 0 Å². The van der Waals surface area contributed by atoms with Gasteiger partial charge in [-0.1, -0.05) is 26.0 Å². The summed E-state index contributed by atoms with van der Waals surface area (Å²) in [5, 5.41) is 3.60. The molecule has 1 aromatic rings. The summed E-state index contributed by atoms with van der Waals surface area (Å²) in [5.41, 5.74) is 1.34. The highest BCUT2D eigenvalue weighted by Crippen LogP contribution is 2.43. The topological polar surface area (TPSA) is 39.7 Å². The number of hydrogen-bond donors (Lipinski definition) is 1. The van der Waals surface area contributed by atoms with Gasteiger partial charge in [0.25, 0.3) is 0 Å². The Hall–Kier alpha value is -1.26. The SMILES string of the molecule is COC1CC(NCc2cccc3c2OCO3)C1(C)C. The van der Waals surface area contributed by atoms with E-state index in [1.807, 2.05) is 12.1 Å². The molecule has 1 saturated carbocycles. The molecule has 0 saturated heterocycles. The van der Waals surface area contributed by atoms with Crippen LogP contribution in [0, 0.1) is 5.41 Å². The summed E-state index contributed by atoms with van der Waals surface area (Å²) >= 11 is 0. The molecule has 1 aliphatic heterocycles. The zero-order valence-electron chi connectivity index (χ0n) is 11.7. The van der Waals surface area contributed by atoms with E-state index in [1.165, 1.54) is 0 Å². The van der Waals surface area contributed by atoms with Crippen molar-refractivity contribution in [3.8, 4) is 11.5 Å². The van der Waals surface area contributed by atoms with E-state index in [2.05, 4.69) is 25.2 Å². The predicted molar refractivity (Wildman–Crippen MR) is 72.4 cm³/mol. The minimum Gasteiger partial charge on any atom is -0.454 e. The Morgan fingerprint density at radius 2 is 2.21 bits per heavy atom. The van der Waals surface area contributed by atoms with E-state index in [0.717, 1.165) is 30.0 Å². The van der Waals surface area contributed by atoms with Gasteiger partial charge in [-0.15, -0.1) is 0 Å². The third-order valence-electron chi connectivity index (χ3n) is 4.48. The monoisotopic (exact) mass is 263 g/mol. The van der Waals surface area contributed by atoms with E-state index < -0.39 is 0 Å². The van der Waals surface area contributed by atoms with Gasteiger partial charge in [0.15, 0.2) is 11.5 Å². The molecule has 1 aromatic carbocycles. The lowest BCUT2D eigenvalue weighted by Gasteiger charge is -2.51. The maximum Gasteiger partial charge on any atom is 0.231 e. The summed E-state index contributed by atoms with van der Waals surface area (Å²) in [6.45, 7) is 5.62. The highest BCUT2D eigenvalue weighted by molar-refractivity contribution is 5.48. The Kier molecular flexibility index (Phi) is 3.15. The number of rotatable bonds is 4. The van der Waals surface area contributed by atoms with Gasteiger partial charge < -0.3 is 19.5 Å². The summed E-state index contributed by atoms with van der Waals surface area (Å²) in [6.07, 6.45) is 1.42. The fraction of sp³-hybridized carbons (Fsp3) is 0.600. The Labute approximate surface area is 114 Å². The third-order valence-corrected chi connectivity index (χ3v) is 4.48. The molecule has 2 aliphatic rings. The quantitative estimate of drug-likeness (QED) is 0.905. The van der Waals surface area contributed by atoms with Gasteiger partial charge in [0, 0.05) is 30.7 Å². The summed E-state index contributed by atoms with van der Waals surface area (Å²) in [6, 6.07) is 6.52. The highest BCUT2D eigenvalue weighted by atomic mass is 16.7. The van der Waals surface area contributed by atoms with E-state index in [1.54, 1.807) is 7.11 Å². The molecule has 1 N–H and O–H groups in total. The fourth-order valence-electron chi connectivity index (χ4n) is 2.99. The van der Waals surface area contributed by atoms with Crippen LogP contribution in [0.3, 0.4) is 0 Å². The molecule has 1 heterocycles. The molecule has 0 spiro atoms. The summed E-state index contributed by atoms with van der Waals surface area (Å²) in [7, 11) is 1.79. The summed E-state index contributed by atoms with van der Waals surface area (Å²) in [5.74, 6) is 1.73. The normalized spacial score (nSPS) is 27.1. The number of methoxy groups -OCH3 is 1. The predicted octanol–water partition coefficient (Wildman–Crippen LogP) is 2.32. The van der Waals surface area contributed by atoms with E-state index in [0.29, 0.717) is 18.9 Å². The van der Waals surface area contributed by atoms with E-state index in [-0.39, 0.29) is 5.41 Å². The van der Waals surface area contributed by atoms with Gasteiger partial charge in [-0.25, -0.2) is 0 Å². The first-order valence-electron chi connectivity index (χ1n) is 6.76. The van der Waals surface area contributed by atoms with Crippen molar-refractivity contribution in [1.82, 2.24) is 5.32 Å². The van der Waals surface area contributed by atoms with Crippen molar-refractivity contribution < 1.29 is 14.2 Å². The Morgan fingerprint density at radius 3 is 2.95 bits per heavy atom. The molecule has 0 radical (unpaired) electrons. The first-order chi connectivity index (χ1) is 9.13. The second-order valence-electron chi connectivity index (χ2n) is 5.87. The van der Waals surface area contributed by atoms with Crippen LogP contribution in [-0.4, -0.2) is 26.0 Å². The van der Waals surface area contributed by atoms with Crippen molar-refractivity contribution in [3.05, 3.63) is 23.8 Å². The summed E-state index contributed by atoms with van der Waals surface area (Å²) in [4.78, 5) is 0. The smallest absolute Gasteiger partial charge is 0.231 e. The van der Waals surface area contributed by atoms with E-state index in [9.17, 15) is 0 Å². The number of fused-ring (bicyclic) bond motifs is 1. The molecule has 4 nitrogen and oxygen atoms in total. The minimum absolute atomic E-state index is 0.185. The molecular formula is C15H21NO3. The van der Waals surface area contributed by atoms with Gasteiger partial charge in [-0.3, -0.25) is 0 Å². The number of para-hydroxylation sites is 1. The van der Waals surface area contributed by atoms with Crippen LogP contribution < -0.4 is 14.8 Å². The second kappa shape index (κ2) is 4.69. The van der Waals surface area contributed by atoms with Crippen LogP contribution in [0.5, 0.6) is 11.5 Å². The maximum absolute atomic E-state index is 5.52. The van der Waals surface area contributed by atoms with Gasteiger partial charge >= 0.3 is 0 Å². The van der Waals surface area contributed by atoms with Crippen LogP contribution in [0.2, 0.25) is 0 Å². The average Bonchev–Trinajstić information content (AvgIpc) is 2.86. The molecule has 2 atom stereocenters. The lowest BCUT2D eigenvalue weighted by atomic mass is 9.64. The number of ether oxygens (including phenoxy) is 3. The molecule has 3 rings (SSSR count). The highest BCUT2D eigenvalue weighted by Gasteiger charge is 2.48. The van der Waals surface area contributed by atoms with Crippen molar-refractivity contribution in [2.75, 3.05) is 13.9 Å². The maximum atomic E-state index is 5.52. The third kappa shape index (κ3) is 2.09. The average molecular weight is 263 g/mol. The van der Waals surface area contributed by atoms with Crippen LogP contribution in [-0.2, 0) is 11.3 Å². The fourth-order valence-corrected chi connectivity index (χ4v) is 2.99. The molecule has 0 aromatic heterocycles. The van der Waals surface area contributed by atoms with Crippen molar-refractivity contribution in [2.45, 2.75) is 39.0 Å². The zero-order chi connectivity index (χ0) is 13.5. The van der Waals surface area contributed by atoms with Crippen molar-refractivity contribution in [2.24, 2.45) is 5.41 Å². The van der Waals surface area contributed by atoms with E-state index >= 15 is 0 Å². The molecule has 19 heavy (non-hydrogen) atoms. The second-order valence-corrected chi connectivity index (χ2v) is 5.87.